The van der Waals surface area contributed by atoms with Crippen LogP contribution in [0.5, 0.6) is 0 Å². The van der Waals surface area contributed by atoms with Gasteiger partial charge in [-0.1, -0.05) is 27.2 Å². The van der Waals surface area contributed by atoms with E-state index in [1.807, 2.05) is 13.8 Å². The van der Waals surface area contributed by atoms with Crippen LogP contribution < -0.4 is 0 Å². The Morgan fingerprint density at radius 3 is 2.30 bits per heavy atom. The summed E-state index contributed by atoms with van der Waals surface area (Å²) in [7, 11) is 0. The fourth-order valence-electron chi connectivity index (χ4n) is 2.13. The van der Waals surface area contributed by atoms with Crippen LogP contribution >= 0.6 is 0 Å². The van der Waals surface area contributed by atoms with Gasteiger partial charge in [-0.3, -0.25) is 9.59 Å². The topological polar surface area (TPSA) is 72.8 Å². The van der Waals surface area contributed by atoms with Crippen LogP contribution in [-0.4, -0.2) is 36.9 Å². The molecular weight excluding hydrogens is 260 g/mol. The van der Waals surface area contributed by atoms with Crippen molar-refractivity contribution < 1.29 is 24.2 Å². The van der Waals surface area contributed by atoms with E-state index in [9.17, 15) is 14.7 Å². The Bertz CT molecular complexity index is 301. The average molecular weight is 288 g/mol. The van der Waals surface area contributed by atoms with Gasteiger partial charge in [0.25, 0.3) is 0 Å². The van der Waals surface area contributed by atoms with Gasteiger partial charge in [-0.25, -0.2) is 0 Å². The first kappa shape index (κ1) is 18.9. The standard InChI is InChI=1S/C15H28O5/c1-5-7-9-19-10-8-15(13(16)17,11-12(3)4)14(18)20-6-2/h12H,5-11H2,1-4H3,(H,16,17). The lowest BCUT2D eigenvalue weighted by Crippen LogP contribution is -2.43. The normalized spacial score (nSPS) is 14.1. The summed E-state index contributed by atoms with van der Waals surface area (Å²) in [5, 5.41) is 9.52. The number of aliphatic carboxylic acids is 1. The molecule has 0 amide bonds. The maximum absolute atomic E-state index is 12.1. The number of carboxylic acid groups (broad SMARTS) is 1. The molecule has 118 valence electrons. The van der Waals surface area contributed by atoms with Crippen LogP contribution in [0.15, 0.2) is 0 Å². The fourth-order valence-corrected chi connectivity index (χ4v) is 2.13. The summed E-state index contributed by atoms with van der Waals surface area (Å²) in [4.78, 5) is 23.7. The number of rotatable bonds is 11. The van der Waals surface area contributed by atoms with Gasteiger partial charge in [0, 0.05) is 13.2 Å². The minimum atomic E-state index is -1.49. The van der Waals surface area contributed by atoms with E-state index in [1.54, 1.807) is 6.92 Å². The Balaban J connectivity index is 4.81. The van der Waals surface area contributed by atoms with Crippen molar-refractivity contribution in [1.29, 1.82) is 0 Å². The second kappa shape index (κ2) is 9.75. The Morgan fingerprint density at radius 1 is 1.20 bits per heavy atom. The number of carbonyl (C=O) groups is 2. The zero-order valence-electron chi connectivity index (χ0n) is 13.1. The highest BCUT2D eigenvalue weighted by Crippen LogP contribution is 2.33. The fraction of sp³-hybridized carbons (Fsp3) is 0.867. The molecule has 0 fully saturated rings. The highest BCUT2D eigenvalue weighted by molar-refractivity contribution is 5.99. The van der Waals surface area contributed by atoms with Crippen molar-refractivity contribution in [2.45, 2.75) is 53.4 Å². The number of hydrogen-bond acceptors (Lipinski definition) is 4. The van der Waals surface area contributed by atoms with Gasteiger partial charge >= 0.3 is 11.9 Å². The molecule has 20 heavy (non-hydrogen) atoms. The molecule has 1 N–H and O–H groups in total. The Hall–Kier alpha value is -1.10. The molecule has 0 saturated heterocycles. The number of ether oxygens (including phenoxy) is 2. The number of carboxylic acids is 1. The van der Waals surface area contributed by atoms with Crippen molar-refractivity contribution in [3.63, 3.8) is 0 Å². The minimum Gasteiger partial charge on any atom is -0.480 e. The molecule has 0 radical (unpaired) electrons. The van der Waals surface area contributed by atoms with Crippen molar-refractivity contribution in [3.05, 3.63) is 0 Å². The zero-order valence-corrected chi connectivity index (χ0v) is 13.1. The van der Waals surface area contributed by atoms with E-state index in [0.717, 1.165) is 12.8 Å². The van der Waals surface area contributed by atoms with Crippen molar-refractivity contribution in [2.75, 3.05) is 19.8 Å². The lowest BCUT2D eigenvalue weighted by atomic mass is 9.77. The highest BCUT2D eigenvalue weighted by atomic mass is 16.5. The molecule has 0 aliphatic rings. The Labute approximate surface area is 121 Å². The molecule has 0 aliphatic heterocycles. The van der Waals surface area contributed by atoms with Gasteiger partial charge in [-0.15, -0.1) is 0 Å². The Kier molecular flexibility index (Phi) is 9.21. The molecule has 5 nitrogen and oxygen atoms in total. The van der Waals surface area contributed by atoms with E-state index in [1.165, 1.54) is 0 Å². The molecule has 0 aliphatic carbocycles. The third-order valence-corrected chi connectivity index (χ3v) is 3.15. The molecule has 0 spiro atoms. The largest absolute Gasteiger partial charge is 0.480 e. The van der Waals surface area contributed by atoms with Crippen LogP contribution in [0.1, 0.15) is 53.4 Å². The summed E-state index contributed by atoms with van der Waals surface area (Å²) < 4.78 is 10.4. The third-order valence-electron chi connectivity index (χ3n) is 3.15. The minimum absolute atomic E-state index is 0.0890. The SMILES string of the molecule is CCCCOCCC(CC(C)C)(C(=O)O)C(=O)OCC. The highest BCUT2D eigenvalue weighted by Gasteiger charge is 2.47. The van der Waals surface area contributed by atoms with Crippen LogP contribution in [0.4, 0.5) is 0 Å². The second-order valence-corrected chi connectivity index (χ2v) is 5.42. The first-order valence-electron chi connectivity index (χ1n) is 7.39. The van der Waals surface area contributed by atoms with Crippen molar-refractivity contribution in [2.24, 2.45) is 11.3 Å². The predicted molar refractivity (Wildman–Crippen MR) is 76.5 cm³/mol. The first-order valence-corrected chi connectivity index (χ1v) is 7.39. The van der Waals surface area contributed by atoms with E-state index in [0.29, 0.717) is 6.61 Å². The van der Waals surface area contributed by atoms with Crippen LogP contribution in [0, 0.1) is 11.3 Å². The molecule has 0 aromatic heterocycles. The van der Waals surface area contributed by atoms with Gasteiger partial charge in [0.05, 0.1) is 6.61 Å². The summed E-state index contributed by atoms with van der Waals surface area (Å²) in [5.41, 5.74) is -1.49. The summed E-state index contributed by atoms with van der Waals surface area (Å²) >= 11 is 0. The van der Waals surface area contributed by atoms with E-state index in [4.69, 9.17) is 9.47 Å². The second-order valence-electron chi connectivity index (χ2n) is 5.42. The predicted octanol–water partition coefficient (Wildman–Crippen LogP) is 2.87. The zero-order chi connectivity index (χ0) is 15.6. The van der Waals surface area contributed by atoms with E-state index in [-0.39, 0.29) is 32.0 Å². The molecule has 1 unspecified atom stereocenters. The first-order chi connectivity index (χ1) is 9.40. The summed E-state index contributed by atoms with van der Waals surface area (Å²) in [6, 6.07) is 0. The lowest BCUT2D eigenvalue weighted by Gasteiger charge is -2.28. The number of carbonyl (C=O) groups excluding carboxylic acids is 1. The van der Waals surface area contributed by atoms with Crippen molar-refractivity contribution >= 4 is 11.9 Å². The van der Waals surface area contributed by atoms with Gasteiger partial charge in [0.15, 0.2) is 5.41 Å². The number of hydrogen-bond donors (Lipinski definition) is 1. The summed E-state index contributed by atoms with van der Waals surface area (Å²) in [5.74, 6) is -1.69. The number of unbranched alkanes of at least 4 members (excludes halogenated alkanes) is 1. The van der Waals surface area contributed by atoms with E-state index < -0.39 is 17.4 Å². The summed E-state index contributed by atoms with van der Waals surface area (Å²) in [6.07, 6.45) is 2.37. The van der Waals surface area contributed by atoms with Crippen molar-refractivity contribution in [1.82, 2.24) is 0 Å². The van der Waals surface area contributed by atoms with Crippen LogP contribution in [0.25, 0.3) is 0 Å². The molecule has 0 bridgehead atoms. The molecule has 1 atom stereocenters. The van der Waals surface area contributed by atoms with Crippen molar-refractivity contribution in [3.8, 4) is 0 Å². The molecule has 0 aromatic carbocycles. The number of esters is 1. The molecule has 0 aromatic rings. The van der Waals surface area contributed by atoms with Crippen LogP contribution in [0.3, 0.4) is 0 Å². The van der Waals surface area contributed by atoms with Gasteiger partial charge in [0.2, 0.25) is 0 Å². The van der Waals surface area contributed by atoms with Crippen LogP contribution in [0.2, 0.25) is 0 Å². The monoisotopic (exact) mass is 288 g/mol. The maximum Gasteiger partial charge on any atom is 0.323 e. The molecule has 0 heterocycles. The average Bonchev–Trinajstić information content (AvgIpc) is 2.36. The molecule has 0 rings (SSSR count). The molecule has 5 heteroatoms. The van der Waals surface area contributed by atoms with Gasteiger partial charge < -0.3 is 14.6 Å². The smallest absolute Gasteiger partial charge is 0.323 e. The maximum atomic E-state index is 12.1. The summed E-state index contributed by atoms with van der Waals surface area (Å²) in [6.45, 7) is 8.57. The molecule has 0 saturated carbocycles. The van der Waals surface area contributed by atoms with E-state index >= 15 is 0 Å². The van der Waals surface area contributed by atoms with Gasteiger partial charge in [-0.2, -0.15) is 0 Å². The van der Waals surface area contributed by atoms with E-state index in [2.05, 4.69) is 6.92 Å². The van der Waals surface area contributed by atoms with Gasteiger partial charge in [-0.05, 0) is 32.1 Å². The molecular formula is C15H28O5. The Morgan fingerprint density at radius 2 is 1.85 bits per heavy atom. The lowest BCUT2D eigenvalue weighted by molar-refractivity contribution is -0.171. The van der Waals surface area contributed by atoms with Gasteiger partial charge in [0.1, 0.15) is 0 Å². The third kappa shape index (κ3) is 5.90. The van der Waals surface area contributed by atoms with Crippen LogP contribution in [-0.2, 0) is 19.1 Å². The quantitative estimate of drug-likeness (QED) is 0.359.